The molecule has 2 aromatic rings. The molecule has 3 nitrogen and oxygen atoms in total. The molecule has 52 valence electrons. The number of fused-ring (bicyclic) bond motifs is 1. The van der Waals surface area contributed by atoms with E-state index in [-0.39, 0.29) is 0 Å². The van der Waals surface area contributed by atoms with Crippen LogP contribution in [-0.2, 0) is 0 Å². The molecule has 2 heterocycles. The van der Waals surface area contributed by atoms with Crippen LogP contribution < -0.4 is 0 Å². The van der Waals surface area contributed by atoms with Crippen molar-refractivity contribution in [3.05, 3.63) is 30.4 Å². The molecule has 0 bridgehead atoms. The second-order valence-corrected chi connectivity index (χ2v) is 2.18. The lowest BCUT2D eigenvalue weighted by atomic mass is 10.2. The lowest BCUT2D eigenvalue weighted by molar-refractivity contribution is 0.572. The molecule has 0 amide bonds. The average Bonchev–Trinajstić information content (AvgIpc) is 2.50. The summed E-state index contributed by atoms with van der Waals surface area (Å²) in [6.45, 7) is 0. The van der Waals surface area contributed by atoms with Gasteiger partial charge >= 0.3 is 0 Å². The minimum Gasteiger partial charge on any atom is -0.470 e. The van der Waals surface area contributed by atoms with Gasteiger partial charge in [0.05, 0.1) is 11.8 Å². The third-order valence-electron chi connectivity index (χ3n) is 1.45. The quantitative estimate of drug-likeness (QED) is 0.565. The Hall–Kier alpha value is -1.82. The molecular weight excluding hydrogens is 140 g/mol. The molecule has 11 heavy (non-hydrogen) atoms. The molecule has 0 unspecified atom stereocenters. The molecule has 0 aromatic carbocycles. The van der Waals surface area contributed by atoms with E-state index in [0.29, 0.717) is 5.56 Å². The summed E-state index contributed by atoms with van der Waals surface area (Å²) in [7, 11) is 0. The van der Waals surface area contributed by atoms with Crippen LogP contribution in [0.1, 0.15) is 5.56 Å². The monoisotopic (exact) mass is 144 g/mol. The molecule has 0 aliphatic carbocycles. The Labute approximate surface area is 62.9 Å². The Bertz CT molecular complexity index is 425. The van der Waals surface area contributed by atoms with Gasteiger partial charge in [-0.05, 0) is 6.07 Å². The number of rotatable bonds is 0. The van der Waals surface area contributed by atoms with Crippen molar-refractivity contribution in [1.82, 2.24) is 4.98 Å². The second-order valence-electron chi connectivity index (χ2n) is 2.18. The molecule has 2 aromatic heterocycles. The van der Waals surface area contributed by atoms with E-state index < -0.39 is 0 Å². The van der Waals surface area contributed by atoms with Crippen LogP contribution in [-0.4, -0.2) is 4.98 Å². The Morgan fingerprint density at radius 2 is 2.36 bits per heavy atom. The molecule has 0 N–H and O–H groups in total. The van der Waals surface area contributed by atoms with E-state index in [0.717, 1.165) is 10.9 Å². The van der Waals surface area contributed by atoms with Gasteiger partial charge < -0.3 is 4.42 Å². The van der Waals surface area contributed by atoms with Gasteiger partial charge in [0.1, 0.15) is 17.8 Å². The van der Waals surface area contributed by atoms with Crippen molar-refractivity contribution in [2.75, 3.05) is 0 Å². The second kappa shape index (κ2) is 2.10. The molecule has 3 heteroatoms. The zero-order chi connectivity index (χ0) is 7.68. The van der Waals surface area contributed by atoms with Crippen LogP contribution in [0.2, 0.25) is 0 Å². The van der Waals surface area contributed by atoms with Gasteiger partial charge in [-0.2, -0.15) is 5.26 Å². The highest BCUT2D eigenvalue weighted by Gasteiger charge is 1.97. The van der Waals surface area contributed by atoms with Gasteiger partial charge in [0.15, 0.2) is 0 Å². The van der Waals surface area contributed by atoms with Crippen LogP contribution in [0.25, 0.3) is 10.9 Å². The lowest BCUT2D eigenvalue weighted by Gasteiger charge is -1.85. The number of nitriles is 1. The van der Waals surface area contributed by atoms with Gasteiger partial charge in [0.2, 0.25) is 0 Å². The molecule has 0 spiro atoms. The summed E-state index contributed by atoms with van der Waals surface area (Å²) in [6.07, 6.45) is 4.65. The van der Waals surface area contributed by atoms with Crippen molar-refractivity contribution in [1.29, 1.82) is 5.26 Å². The van der Waals surface area contributed by atoms with E-state index in [9.17, 15) is 0 Å². The maximum Gasteiger partial charge on any atom is 0.117 e. The SMILES string of the molecule is N#Cc1cnc2cocc2c1. The molecule has 0 aliphatic rings. The first kappa shape index (κ1) is 5.93. The van der Waals surface area contributed by atoms with Crippen molar-refractivity contribution >= 4 is 10.9 Å². The van der Waals surface area contributed by atoms with Crippen molar-refractivity contribution < 1.29 is 4.42 Å². The molecule has 0 aliphatic heterocycles. The summed E-state index contributed by atoms with van der Waals surface area (Å²) in [5, 5.41) is 9.38. The van der Waals surface area contributed by atoms with E-state index >= 15 is 0 Å². The van der Waals surface area contributed by atoms with Crippen LogP contribution in [0, 0.1) is 11.3 Å². The van der Waals surface area contributed by atoms with Gasteiger partial charge in [-0.25, -0.2) is 0 Å². The standard InChI is InChI=1S/C8H4N2O/c9-2-6-1-7-4-11-5-8(7)10-3-6/h1,3-5H. The summed E-state index contributed by atoms with van der Waals surface area (Å²) in [4.78, 5) is 4.00. The number of nitrogens with zero attached hydrogens (tertiary/aromatic N) is 2. The highest BCUT2D eigenvalue weighted by Crippen LogP contribution is 2.12. The maximum absolute atomic E-state index is 8.51. The van der Waals surface area contributed by atoms with Crippen LogP contribution in [0.3, 0.4) is 0 Å². The number of aromatic nitrogens is 1. The number of hydrogen-bond donors (Lipinski definition) is 0. The smallest absolute Gasteiger partial charge is 0.117 e. The van der Waals surface area contributed by atoms with Crippen LogP contribution in [0.15, 0.2) is 29.2 Å². The summed E-state index contributed by atoms with van der Waals surface area (Å²) < 4.78 is 4.89. The molecule has 2 rings (SSSR count). The zero-order valence-corrected chi connectivity index (χ0v) is 5.61. The fraction of sp³-hybridized carbons (Fsp3) is 0. The molecule has 0 fully saturated rings. The molecule has 0 radical (unpaired) electrons. The summed E-state index contributed by atoms with van der Waals surface area (Å²) in [5.74, 6) is 0. The van der Waals surface area contributed by atoms with Crippen molar-refractivity contribution in [3.8, 4) is 6.07 Å². The molecule has 0 saturated carbocycles. The molecule has 0 atom stereocenters. The van der Waals surface area contributed by atoms with Crippen LogP contribution >= 0.6 is 0 Å². The van der Waals surface area contributed by atoms with Gasteiger partial charge in [-0.3, -0.25) is 4.98 Å². The van der Waals surface area contributed by atoms with E-state index in [4.69, 9.17) is 9.68 Å². The van der Waals surface area contributed by atoms with Crippen molar-refractivity contribution in [2.45, 2.75) is 0 Å². The summed E-state index contributed by atoms with van der Waals surface area (Å²) in [5.41, 5.74) is 1.34. The molecule has 0 saturated heterocycles. The fourth-order valence-corrected chi connectivity index (χ4v) is 0.918. The largest absolute Gasteiger partial charge is 0.470 e. The predicted octanol–water partition coefficient (Wildman–Crippen LogP) is 1.70. The predicted molar refractivity (Wildman–Crippen MR) is 38.7 cm³/mol. The van der Waals surface area contributed by atoms with Crippen molar-refractivity contribution in [2.24, 2.45) is 0 Å². The van der Waals surface area contributed by atoms with Gasteiger partial charge in [0.25, 0.3) is 0 Å². The molecular formula is C8H4N2O. The first-order valence-electron chi connectivity index (χ1n) is 3.12. The van der Waals surface area contributed by atoms with E-state index in [1.54, 1.807) is 18.6 Å². The highest BCUT2D eigenvalue weighted by atomic mass is 16.3. The zero-order valence-electron chi connectivity index (χ0n) is 5.61. The number of hydrogen-bond acceptors (Lipinski definition) is 3. The number of furan rings is 1. The van der Waals surface area contributed by atoms with Gasteiger partial charge in [-0.15, -0.1) is 0 Å². The summed E-state index contributed by atoms with van der Waals surface area (Å²) >= 11 is 0. The van der Waals surface area contributed by atoms with Gasteiger partial charge in [0, 0.05) is 11.6 Å². The third kappa shape index (κ3) is 0.849. The van der Waals surface area contributed by atoms with Crippen molar-refractivity contribution in [3.63, 3.8) is 0 Å². The first-order valence-corrected chi connectivity index (χ1v) is 3.12. The van der Waals surface area contributed by atoms with Gasteiger partial charge in [-0.1, -0.05) is 0 Å². The van der Waals surface area contributed by atoms with E-state index in [1.807, 2.05) is 6.07 Å². The topological polar surface area (TPSA) is 49.8 Å². The fourth-order valence-electron chi connectivity index (χ4n) is 0.918. The maximum atomic E-state index is 8.51. The Morgan fingerprint density at radius 3 is 3.18 bits per heavy atom. The van der Waals surface area contributed by atoms with Crippen LogP contribution in [0.4, 0.5) is 0 Å². The van der Waals surface area contributed by atoms with E-state index in [1.165, 1.54) is 6.20 Å². The first-order chi connectivity index (χ1) is 5.40. The average molecular weight is 144 g/mol. The minimum atomic E-state index is 0.555. The van der Waals surface area contributed by atoms with Crippen LogP contribution in [0.5, 0.6) is 0 Å². The highest BCUT2D eigenvalue weighted by molar-refractivity contribution is 5.77. The lowest BCUT2D eigenvalue weighted by Crippen LogP contribution is -1.76. The Balaban J connectivity index is 2.79. The Morgan fingerprint density at radius 1 is 1.45 bits per heavy atom. The normalized spacial score (nSPS) is 9.73. The Kier molecular flexibility index (Phi) is 1.13. The third-order valence-corrected chi connectivity index (χ3v) is 1.45. The minimum absolute atomic E-state index is 0.555. The number of pyridine rings is 1. The summed E-state index contributed by atoms with van der Waals surface area (Å²) in [6, 6.07) is 3.75. The van der Waals surface area contributed by atoms with E-state index in [2.05, 4.69) is 4.98 Å².